The molecule has 0 fully saturated rings. The van der Waals surface area contributed by atoms with Crippen LogP contribution in [-0.4, -0.2) is 132 Å². The van der Waals surface area contributed by atoms with E-state index in [0.29, 0.717) is 0 Å². The predicted octanol–water partition coefficient (Wildman–Crippen LogP) is -4.48. The molecular weight excluding hydrogens is 439 g/mol. The van der Waals surface area contributed by atoms with Gasteiger partial charge in [0.2, 0.25) is 0 Å². The molecule has 56 valence electrons. The van der Waals surface area contributed by atoms with Gasteiger partial charge in [-0.1, -0.05) is 0 Å². The molecule has 0 saturated carbocycles. The first kappa shape index (κ1) is 25.4. The SMILES string of the molecule is O=P([O-])([O-])OP(=O)([O-])[O-].[Ba+2].[Ca+2].[Sr+2]. The Kier molecular flexibility index (Phi) is 22.7. The average molecular weight is 439 g/mol. The van der Waals surface area contributed by atoms with Gasteiger partial charge < -0.3 is 33.0 Å². The largest absolute Gasteiger partial charge is 2.00 e. The second-order valence-corrected chi connectivity index (χ2v) is 3.42. The van der Waals surface area contributed by atoms with Gasteiger partial charge in [0.15, 0.2) is 0 Å². The van der Waals surface area contributed by atoms with Crippen molar-refractivity contribution in [2.45, 2.75) is 0 Å². The van der Waals surface area contributed by atoms with Gasteiger partial charge in [0.25, 0.3) is 0 Å². The van der Waals surface area contributed by atoms with E-state index in [2.05, 4.69) is 4.31 Å². The van der Waals surface area contributed by atoms with E-state index < -0.39 is 15.6 Å². The van der Waals surface area contributed by atoms with Crippen LogP contribution in [0.5, 0.6) is 0 Å². The Balaban J connectivity index is -0.000000107. The first-order valence-electron chi connectivity index (χ1n) is 1.46. The minimum absolute atomic E-state index is 0. The van der Waals surface area contributed by atoms with E-state index in [4.69, 9.17) is 0 Å². The summed E-state index contributed by atoms with van der Waals surface area (Å²) in [4.78, 5) is 37.3. The molecule has 12 heavy (non-hydrogen) atoms. The second kappa shape index (κ2) is 10.7. The molecule has 0 heterocycles. The fourth-order valence-electron chi connectivity index (χ4n) is 0.122. The van der Waals surface area contributed by atoms with Crippen molar-refractivity contribution in [3.8, 4) is 0 Å². The standard InChI is InChI=1S/Ba.Ca.H4O7P2.Sr/c;;1-8(2,3)7-9(4,5)6;/h;;(H2,1,2,3)(H2,4,5,6);/q2*+2;;+2/p-4. The molecular formula is BaCaO7P2Sr+2. The molecule has 7 nitrogen and oxygen atoms in total. The summed E-state index contributed by atoms with van der Waals surface area (Å²) >= 11 is 0. The topological polar surface area (TPSA) is 136 Å². The van der Waals surface area contributed by atoms with Gasteiger partial charge in [-0.15, -0.1) is 0 Å². The summed E-state index contributed by atoms with van der Waals surface area (Å²) in [5.74, 6) is 0. The fraction of sp³-hybridized carbons (Fsp3) is 0. The van der Waals surface area contributed by atoms with Crippen LogP contribution in [-0.2, 0) is 13.4 Å². The molecule has 0 rings (SSSR count). The van der Waals surface area contributed by atoms with E-state index in [0.717, 1.165) is 0 Å². The maximum Gasteiger partial charge on any atom is 2.00 e. The normalized spacial score (nSPS) is 10.3. The molecule has 0 saturated heterocycles. The van der Waals surface area contributed by atoms with Crippen LogP contribution < -0.4 is 19.6 Å². The third-order valence-corrected chi connectivity index (χ3v) is 1.80. The Bertz CT molecular complexity index is 162. The zero-order valence-electron chi connectivity index (χ0n) is 5.87. The quantitative estimate of drug-likeness (QED) is 0.313. The van der Waals surface area contributed by atoms with Crippen LogP contribution >= 0.6 is 15.6 Å². The van der Waals surface area contributed by atoms with Crippen LogP contribution in [0.25, 0.3) is 0 Å². The average Bonchev–Trinajstić information content (AvgIpc) is 1.14. The van der Waals surface area contributed by atoms with Gasteiger partial charge in [-0.3, -0.25) is 0 Å². The molecule has 0 atom stereocenters. The fourth-order valence-corrected chi connectivity index (χ4v) is 1.10. The number of hydrogen-bond acceptors (Lipinski definition) is 7. The van der Waals surface area contributed by atoms with Crippen molar-refractivity contribution in [2.24, 2.45) is 0 Å². The smallest absolute Gasteiger partial charge is 0.790 e. The van der Waals surface area contributed by atoms with Gasteiger partial charge in [0.1, 0.15) is 0 Å². The minimum Gasteiger partial charge on any atom is -0.790 e. The third-order valence-electron chi connectivity index (χ3n) is 0.200. The molecule has 0 aromatic carbocycles. The summed E-state index contributed by atoms with van der Waals surface area (Å²) in [7, 11) is -11.4. The van der Waals surface area contributed by atoms with Crippen molar-refractivity contribution >= 4 is 148 Å². The maximum absolute atomic E-state index is 9.32. The molecule has 0 aliphatic rings. The van der Waals surface area contributed by atoms with Gasteiger partial charge in [0.05, 0.1) is 15.6 Å². The van der Waals surface area contributed by atoms with Gasteiger partial charge in [0, 0.05) is 0 Å². The van der Waals surface area contributed by atoms with E-state index in [1.54, 1.807) is 0 Å². The summed E-state index contributed by atoms with van der Waals surface area (Å²) < 4.78 is 21.2. The first-order valence-corrected chi connectivity index (χ1v) is 4.38. The van der Waals surface area contributed by atoms with Crippen molar-refractivity contribution in [1.82, 2.24) is 0 Å². The van der Waals surface area contributed by atoms with Crippen LogP contribution in [0.1, 0.15) is 0 Å². The zero-order chi connectivity index (χ0) is 7.71. The summed E-state index contributed by atoms with van der Waals surface area (Å²) in [6.07, 6.45) is 0. The van der Waals surface area contributed by atoms with Gasteiger partial charge in [-0.05, 0) is 0 Å². The minimum atomic E-state index is -5.68. The number of phosphoric acid groups is 2. The molecule has 0 bridgehead atoms. The monoisotopic (exact) mass is 440 g/mol. The second-order valence-electron chi connectivity index (χ2n) is 0.976. The number of rotatable bonds is 2. The summed E-state index contributed by atoms with van der Waals surface area (Å²) in [6, 6.07) is 0. The Morgan fingerprint density at radius 2 is 1.08 bits per heavy atom. The summed E-state index contributed by atoms with van der Waals surface area (Å²) in [6.45, 7) is 0. The Hall–Kier alpha value is 4.57. The van der Waals surface area contributed by atoms with Crippen LogP contribution in [0.4, 0.5) is 0 Å². The molecule has 0 aromatic heterocycles. The van der Waals surface area contributed by atoms with Crippen LogP contribution in [0.15, 0.2) is 0 Å². The summed E-state index contributed by atoms with van der Waals surface area (Å²) in [5.41, 5.74) is 0. The van der Waals surface area contributed by atoms with Gasteiger partial charge >= 0.3 is 132 Å². The van der Waals surface area contributed by atoms with Crippen molar-refractivity contribution in [1.29, 1.82) is 0 Å². The van der Waals surface area contributed by atoms with E-state index >= 15 is 0 Å². The molecule has 0 unspecified atom stereocenters. The van der Waals surface area contributed by atoms with E-state index in [1.165, 1.54) is 0 Å². The van der Waals surface area contributed by atoms with Crippen LogP contribution in [0.2, 0.25) is 0 Å². The first-order chi connectivity index (χ1) is 3.71. The maximum atomic E-state index is 9.32. The molecule has 0 aromatic rings. The Labute approximate surface area is 176 Å². The molecule has 0 spiro atoms. The van der Waals surface area contributed by atoms with Crippen molar-refractivity contribution in [3.05, 3.63) is 0 Å². The van der Waals surface area contributed by atoms with Gasteiger partial charge in [-0.2, -0.15) is 0 Å². The molecule has 0 N–H and O–H groups in total. The zero-order valence-corrected chi connectivity index (χ0v) is 17.8. The van der Waals surface area contributed by atoms with Crippen molar-refractivity contribution in [2.75, 3.05) is 0 Å². The van der Waals surface area contributed by atoms with Crippen LogP contribution in [0.3, 0.4) is 0 Å². The third kappa shape index (κ3) is 24.0. The molecule has 0 amide bonds. The van der Waals surface area contributed by atoms with E-state index in [9.17, 15) is 28.7 Å². The Morgan fingerprint density at radius 3 is 1.08 bits per heavy atom. The molecule has 0 aliphatic heterocycles. The van der Waals surface area contributed by atoms with E-state index in [1.807, 2.05) is 0 Å². The summed E-state index contributed by atoms with van der Waals surface area (Å²) in [5, 5.41) is 0. The van der Waals surface area contributed by atoms with E-state index in [-0.39, 0.29) is 132 Å². The molecule has 0 radical (unpaired) electrons. The van der Waals surface area contributed by atoms with Crippen molar-refractivity contribution in [3.63, 3.8) is 0 Å². The molecule has 12 heteroatoms. The van der Waals surface area contributed by atoms with Gasteiger partial charge in [-0.25, -0.2) is 0 Å². The Morgan fingerprint density at radius 1 is 0.917 bits per heavy atom. The molecule has 0 aliphatic carbocycles. The van der Waals surface area contributed by atoms with Crippen molar-refractivity contribution < 1.29 is 33.0 Å². The number of hydrogen-bond donors (Lipinski definition) is 0. The van der Waals surface area contributed by atoms with Crippen LogP contribution in [0, 0.1) is 0 Å². The predicted molar refractivity (Wildman–Crippen MR) is 33.6 cm³/mol.